The lowest BCUT2D eigenvalue weighted by atomic mass is 9.46. The number of esters is 1. The number of allylic oxidation sites excluding steroid dienone is 2. The summed E-state index contributed by atoms with van der Waals surface area (Å²) in [5, 5.41) is 0. The third-order valence-corrected chi connectivity index (χ3v) is 12.3. The highest BCUT2D eigenvalue weighted by Gasteiger charge is 2.60. The Morgan fingerprint density at radius 2 is 1.62 bits per heavy atom. The van der Waals surface area contributed by atoms with Gasteiger partial charge in [0.25, 0.3) is 0 Å². The highest BCUT2D eigenvalue weighted by molar-refractivity contribution is 5.87. The van der Waals surface area contributed by atoms with E-state index in [4.69, 9.17) is 4.74 Å². The van der Waals surface area contributed by atoms with Gasteiger partial charge >= 0.3 is 5.97 Å². The monoisotopic (exact) mass is 530 g/mol. The first-order valence-corrected chi connectivity index (χ1v) is 16.2. The Balaban J connectivity index is 1.22. The standard InChI is InChI=1S/C37H54O2/c1-25(2)11-10-12-26(3)31-19-20-33-30-16-18-32-29(28(30)23-24-37(31,33)6)17-21-34(36(32,4)5)39-35(38)22-15-27-13-8-7-9-14-27/h7-9,11,13-15,22,26,28-34H,10,12,16-21,23-24H2,1-6H3/b22-15+. The third-order valence-electron chi connectivity index (χ3n) is 12.3. The van der Waals surface area contributed by atoms with Crippen LogP contribution in [-0.4, -0.2) is 12.1 Å². The molecular formula is C37H54O2. The van der Waals surface area contributed by atoms with Gasteiger partial charge in [-0.25, -0.2) is 4.79 Å². The summed E-state index contributed by atoms with van der Waals surface area (Å²) < 4.78 is 6.16. The van der Waals surface area contributed by atoms with Crippen molar-refractivity contribution < 1.29 is 9.53 Å². The van der Waals surface area contributed by atoms with Gasteiger partial charge in [-0.1, -0.05) is 69.7 Å². The van der Waals surface area contributed by atoms with Gasteiger partial charge in [-0.15, -0.1) is 0 Å². The normalized spacial score (nSPS) is 37.8. The number of carbonyl (C=O) groups is 1. The molecule has 0 N–H and O–H groups in total. The average Bonchev–Trinajstić information content (AvgIpc) is 3.26. The molecule has 2 nitrogen and oxygen atoms in total. The van der Waals surface area contributed by atoms with Gasteiger partial charge in [0.05, 0.1) is 0 Å². The van der Waals surface area contributed by atoms with Crippen LogP contribution in [0.5, 0.6) is 0 Å². The van der Waals surface area contributed by atoms with Crippen LogP contribution in [0, 0.1) is 52.3 Å². The Morgan fingerprint density at radius 3 is 2.36 bits per heavy atom. The molecule has 5 rings (SSSR count). The summed E-state index contributed by atoms with van der Waals surface area (Å²) >= 11 is 0. The Kier molecular flexibility index (Phi) is 8.52. The number of carbonyl (C=O) groups excluding carboxylic acids is 1. The van der Waals surface area contributed by atoms with Crippen molar-refractivity contribution in [1.29, 1.82) is 0 Å². The van der Waals surface area contributed by atoms with Crippen molar-refractivity contribution >= 4 is 12.0 Å². The van der Waals surface area contributed by atoms with Crippen molar-refractivity contribution in [2.45, 2.75) is 112 Å². The first-order chi connectivity index (χ1) is 18.6. The molecule has 0 aromatic heterocycles. The molecule has 1 aromatic carbocycles. The molecule has 0 radical (unpaired) electrons. The molecule has 9 atom stereocenters. The number of ether oxygens (including phenoxy) is 1. The maximum Gasteiger partial charge on any atom is 0.331 e. The molecule has 0 bridgehead atoms. The van der Waals surface area contributed by atoms with Gasteiger partial charge in [-0.2, -0.15) is 0 Å². The van der Waals surface area contributed by atoms with Crippen LogP contribution < -0.4 is 0 Å². The van der Waals surface area contributed by atoms with E-state index in [1.807, 2.05) is 36.4 Å². The van der Waals surface area contributed by atoms with E-state index in [2.05, 4.69) is 47.6 Å². The lowest BCUT2D eigenvalue weighted by Gasteiger charge is -2.60. The molecule has 9 unspecified atom stereocenters. The van der Waals surface area contributed by atoms with E-state index in [1.54, 1.807) is 6.08 Å². The van der Waals surface area contributed by atoms with Gasteiger partial charge in [0.2, 0.25) is 0 Å². The fourth-order valence-electron chi connectivity index (χ4n) is 10.4. The minimum absolute atomic E-state index is 0.0228. The van der Waals surface area contributed by atoms with E-state index in [-0.39, 0.29) is 17.5 Å². The highest BCUT2D eigenvalue weighted by Crippen LogP contribution is 2.67. The van der Waals surface area contributed by atoms with E-state index in [0.29, 0.717) is 11.3 Å². The predicted molar refractivity (Wildman–Crippen MR) is 163 cm³/mol. The van der Waals surface area contributed by atoms with Crippen LogP contribution in [0.25, 0.3) is 6.08 Å². The number of hydrogen-bond donors (Lipinski definition) is 0. The molecule has 0 aliphatic heterocycles. The number of fused-ring (bicyclic) bond motifs is 5. The van der Waals surface area contributed by atoms with Crippen molar-refractivity contribution in [3.63, 3.8) is 0 Å². The summed E-state index contributed by atoms with van der Waals surface area (Å²) in [7, 11) is 0. The topological polar surface area (TPSA) is 26.3 Å². The first kappa shape index (κ1) is 28.7. The zero-order valence-electron chi connectivity index (χ0n) is 25.6. The molecule has 214 valence electrons. The van der Waals surface area contributed by atoms with Gasteiger partial charge < -0.3 is 4.74 Å². The van der Waals surface area contributed by atoms with E-state index in [1.165, 1.54) is 63.4 Å². The van der Waals surface area contributed by atoms with Gasteiger partial charge in [0.15, 0.2) is 0 Å². The average molecular weight is 531 g/mol. The molecule has 0 heterocycles. The van der Waals surface area contributed by atoms with Gasteiger partial charge in [-0.05, 0) is 137 Å². The smallest absolute Gasteiger partial charge is 0.331 e. The van der Waals surface area contributed by atoms with Crippen molar-refractivity contribution in [2.24, 2.45) is 52.3 Å². The summed E-state index contributed by atoms with van der Waals surface area (Å²) in [4.78, 5) is 12.8. The lowest BCUT2D eigenvalue weighted by molar-refractivity contribution is -0.170. The quantitative estimate of drug-likeness (QED) is 0.199. The third kappa shape index (κ3) is 5.69. The van der Waals surface area contributed by atoms with Crippen LogP contribution in [0.3, 0.4) is 0 Å². The second-order valence-electron chi connectivity index (χ2n) is 14.9. The van der Waals surface area contributed by atoms with E-state index in [9.17, 15) is 4.79 Å². The van der Waals surface area contributed by atoms with Crippen LogP contribution in [-0.2, 0) is 9.53 Å². The SMILES string of the molecule is CC(C)=CCCC(C)C1CCC2C3CCC4C(CCC(OC(=O)/C=C/c5ccccc5)C4(C)C)C3CCC12C. The number of rotatable bonds is 7. The maximum atomic E-state index is 12.8. The maximum absolute atomic E-state index is 12.8. The summed E-state index contributed by atoms with van der Waals surface area (Å²) in [6.45, 7) is 14.5. The van der Waals surface area contributed by atoms with Crippen LogP contribution in [0.1, 0.15) is 111 Å². The Hall–Kier alpha value is -1.83. The Morgan fingerprint density at radius 1 is 0.923 bits per heavy atom. The summed E-state index contributed by atoms with van der Waals surface area (Å²) in [6, 6.07) is 10.0. The van der Waals surface area contributed by atoms with Crippen LogP contribution in [0.2, 0.25) is 0 Å². The summed E-state index contributed by atoms with van der Waals surface area (Å²) in [5.41, 5.74) is 3.09. The van der Waals surface area contributed by atoms with E-state index < -0.39 is 0 Å². The van der Waals surface area contributed by atoms with Crippen molar-refractivity contribution in [2.75, 3.05) is 0 Å². The predicted octanol–water partition coefficient (Wildman–Crippen LogP) is 9.90. The van der Waals surface area contributed by atoms with E-state index in [0.717, 1.165) is 47.5 Å². The zero-order valence-corrected chi connectivity index (χ0v) is 25.6. The summed E-state index contributed by atoms with van der Waals surface area (Å²) in [6.07, 6.45) is 19.3. The Bertz CT molecular complexity index is 1050. The number of hydrogen-bond acceptors (Lipinski definition) is 2. The van der Waals surface area contributed by atoms with Crippen LogP contribution in [0.4, 0.5) is 0 Å². The molecular weight excluding hydrogens is 476 g/mol. The summed E-state index contributed by atoms with van der Waals surface area (Å²) in [5.74, 6) is 5.77. The van der Waals surface area contributed by atoms with Crippen molar-refractivity contribution in [1.82, 2.24) is 0 Å². The largest absolute Gasteiger partial charge is 0.459 e. The molecule has 39 heavy (non-hydrogen) atoms. The lowest BCUT2D eigenvalue weighted by Crippen LogP contribution is -2.55. The highest BCUT2D eigenvalue weighted by atomic mass is 16.5. The fraction of sp³-hybridized carbons (Fsp3) is 0.703. The van der Waals surface area contributed by atoms with E-state index >= 15 is 0 Å². The molecule has 1 aromatic rings. The molecule has 2 heteroatoms. The molecule has 0 saturated heterocycles. The van der Waals surface area contributed by atoms with Crippen LogP contribution >= 0.6 is 0 Å². The van der Waals surface area contributed by atoms with Crippen molar-refractivity contribution in [3.05, 3.63) is 53.6 Å². The first-order valence-electron chi connectivity index (χ1n) is 16.2. The minimum Gasteiger partial charge on any atom is -0.459 e. The molecule has 4 aliphatic carbocycles. The van der Waals surface area contributed by atoms with Gasteiger partial charge in [0.1, 0.15) is 6.10 Å². The zero-order chi connectivity index (χ0) is 27.8. The minimum atomic E-state index is -0.187. The fourth-order valence-corrected chi connectivity index (χ4v) is 10.4. The van der Waals surface area contributed by atoms with Gasteiger partial charge in [-0.3, -0.25) is 0 Å². The molecule has 0 spiro atoms. The van der Waals surface area contributed by atoms with Crippen molar-refractivity contribution in [3.8, 4) is 0 Å². The number of benzene rings is 1. The molecule has 0 amide bonds. The van der Waals surface area contributed by atoms with Gasteiger partial charge in [0, 0.05) is 11.5 Å². The second kappa shape index (κ2) is 11.6. The molecule has 4 fully saturated rings. The van der Waals surface area contributed by atoms with Crippen LogP contribution in [0.15, 0.2) is 48.1 Å². The Labute approximate surface area is 239 Å². The molecule has 4 aliphatic rings. The second-order valence-corrected chi connectivity index (χ2v) is 14.9. The molecule has 4 saturated carbocycles.